The Bertz CT molecular complexity index is 751. The van der Waals surface area contributed by atoms with Crippen LogP contribution in [0.15, 0.2) is 60.7 Å². The van der Waals surface area contributed by atoms with Crippen molar-refractivity contribution in [3.05, 3.63) is 77.4 Å². The topological polar surface area (TPSA) is 26.0 Å². The van der Waals surface area contributed by atoms with E-state index in [4.69, 9.17) is 12.2 Å². The molecule has 1 nitrogen and oxygen atoms in total. The van der Waals surface area contributed by atoms with Gasteiger partial charge in [0.25, 0.3) is 0 Å². The van der Waals surface area contributed by atoms with Gasteiger partial charge in [0.05, 0.1) is 0 Å². The molecule has 1 saturated carbocycles. The molecule has 1 aliphatic rings. The molecule has 0 aliphatic heterocycles. The average Bonchev–Trinajstić information content (AvgIpc) is 3.17. The van der Waals surface area contributed by atoms with Crippen LogP contribution in [0.2, 0.25) is 0 Å². The van der Waals surface area contributed by atoms with Gasteiger partial charge in [0.1, 0.15) is 0 Å². The van der Waals surface area contributed by atoms with Gasteiger partial charge in [-0.25, -0.2) is 0 Å². The smallest absolute Gasteiger partial charge is 0.0251 e. The van der Waals surface area contributed by atoms with Crippen LogP contribution in [-0.2, 0) is 0 Å². The maximum Gasteiger partial charge on any atom is 0.0251 e. The molecule has 0 spiro atoms. The fraction of sp³-hybridized carbons (Fsp3) is 0.333. The molecule has 2 atom stereocenters. The summed E-state index contributed by atoms with van der Waals surface area (Å²) in [4.78, 5) is 0. The SMILES string of the molecule is C#Cc1cc(C)cc(C(/C=C\C(=C)C)=C/C)c1.C=C(C)C1CC1(C)N. The predicted molar refractivity (Wildman–Crippen MR) is 112 cm³/mol. The lowest BCUT2D eigenvalue weighted by Crippen LogP contribution is -2.19. The monoisotopic (exact) mass is 333 g/mol. The van der Waals surface area contributed by atoms with Gasteiger partial charge in [-0.05, 0) is 75.8 Å². The van der Waals surface area contributed by atoms with E-state index in [9.17, 15) is 0 Å². The fourth-order valence-electron chi connectivity index (χ4n) is 2.74. The molecular weight excluding hydrogens is 302 g/mol. The molecule has 1 heteroatoms. The Morgan fingerprint density at radius 2 is 1.88 bits per heavy atom. The van der Waals surface area contributed by atoms with E-state index in [1.54, 1.807) is 0 Å². The molecule has 0 saturated heterocycles. The first-order chi connectivity index (χ1) is 11.6. The number of hydrogen-bond donors (Lipinski definition) is 1. The number of terminal acetylenes is 1. The van der Waals surface area contributed by atoms with Crippen LogP contribution in [0, 0.1) is 25.2 Å². The van der Waals surface area contributed by atoms with E-state index in [-0.39, 0.29) is 5.54 Å². The zero-order valence-electron chi connectivity index (χ0n) is 16.3. The normalized spacial score (nSPS) is 22.0. The largest absolute Gasteiger partial charge is 0.325 e. The summed E-state index contributed by atoms with van der Waals surface area (Å²) in [7, 11) is 0. The zero-order valence-corrected chi connectivity index (χ0v) is 16.3. The summed E-state index contributed by atoms with van der Waals surface area (Å²) >= 11 is 0. The van der Waals surface area contributed by atoms with Gasteiger partial charge < -0.3 is 5.73 Å². The number of benzene rings is 1. The average molecular weight is 334 g/mol. The summed E-state index contributed by atoms with van der Waals surface area (Å²) in [5.74, 6) is 3.28. The second kappa shape index (κ2) is 8.70. The van der Waals surface area contributed by atoms with E-state index in [0.29, 0.717) is 5.92 Å². The lowest BCUT2D eigenvalue weighted by Gasteiger charge is -2.05. The highest BCUT2D eigenvalue weighted by atomic mass is 14.8. The lowest BCUT2D eigenvalue weighted by molar-refractivity contribution is 0.700. The van der Waals surface area contributed by atoms with Crippen molar-refractivity contribution >= 4 is 5.57 Å². The van der Waals surface area contributed by atoms with E-state index >= 15 is 0 Å². The maximum atomic E-state index is 5.75. The first-order valence-corrected chi connectivity index (χ1v) is 8.63. The summed E-state index contributed by atoms with van der Waals surface area (Å²) in [6.45, 7) is 17.9. The maximum absolute atomic E-state index is 5.75. The van der Waals surface area contributed by atoms with Crippen molar-refractivity contribution in [3.63, 3.8) is 0 Å². The van der Waals surface area contributed by atoms with Crippen LogP contribution in [0.5, 0.6) is 0 Å². The van der Waals surface area contributed by atoms with Crippen LogP contribution in [0.1, 0.15) is 50.8 Å². The first kappa shape index (κ1) is 20.7. The standard InChI is InChI=1S/C17H18.C7H13N/c1-6-15-10-14(5)11-17(12-15)16(7-2)9-8-13(3)4;1-5(2)6-4-7(6,3)8/h1,7-12H,3H2,2,4-5H3;6H,1,4,8H2,2-3H3/b9-8-,16-7+;. The molecule has 0 bridgehead atoms. The molecule has 25 heavy (non-hydrogen) atoms. The van der Waals surface area contributed by atoms with Gasteiger partial charge in [0, 0.05) is 11.1 Å². The van der Waals surface area contributed by atoms with E-state index in [2.05, 4.69) is 51.1 Å². The Morgan fingerprint density at radius 1 is 1.28 bits per heavy atom. The third-order valence-electron chi connectivity index (χ3n) is 4.31. The van der Waals surface area contributed by atoms with Crippen LogP contribution in [0.4, 0.5) is 0 Å². The van der Waals surface area contributed by atoms with Crippen LogP contribution in [0.25, 0.3) is 5.57 Å². The van der Waals surface area contributed by atoms with Crippen LogP contribution < -0.4 is 5.73 Å². The van der Waals surface area contributed by atoms with E-state index < -0.39 is 0 Å². The Morgan fingerprint density at radius 3 is 2.24 bits per heavy atom. The van der Waals surface area contributed by atoms with E-state index in [1.807, 2.05) is 39.0 Å². The van der Waals surface area contributed by atoms with Gasteiger partial charge in [0.15, 0.2) is 0 Å². The Balaban J connectivity index is 0.000000324. The molecule has 2 unspecified atom stereocenters. The van der Waals surface area contributed by atoms with E-state index in [1.165, 1.54) is 11.1 Å². The summed E-state index contributed by atoms with van der Waals surface area (Å²) in [6, 6.07) is 6.18. The summed E-state index contributed by atoms with van der Waals surface area (Å²) in [6.07, 6.45) is 12.7. The van der Waals surface area contributed by atoms with Crippen molar-refractivity contribution in [2.75, 3.05) is 0 Å². The third kappa shape index (κ3) is 6.61. The molecular formula is C24H31N. The second-order valence-electron chi connectivity index (χ2n) is 7.26. The Kier molecular flexibility index (Phi) is 7.22. The van der Waals surface area contributed by atoms with Gasteiger partial charge in [-0.15, -0.1) is 6.42 Å². The zero-order chi connectivity index (χ0) is 19.2. The van der Waals surface area contributed by atoms with Gasteiger partial charge in [-0.3, -0.25) is 0 Å². The van der Waals surface area contributed by atoms with E-state index in [0.717, 1.165) is 28.7 Å². The highest BCUT2D eigenvalue weighted by Gasteiger charge is 2.46. The summed E-state index contributed by atoms with van der Waals surface area (Å²) < 4.78 is 0. The van der Waals surface area contributed by atoms with Crippen molar-refractivity contribution in [1.29, 1.82) is 0 Å². The summed E-state index contributed by atoms with van der Waals surface area (Å²) in [5, 5.41) is 0. The molecule has 1 aromatic carbocycles. The minimum absolute atomic E-state index is 0.0891. The minimum atomic E-state index is 0.0891. The van der Waals surface area contributed by atoms with Crippen LogP contribution in [0.3, 0.4) is 0 Å². The first-order valence-electron chi connectivity index (χ1n) is 8.63. The van der Waals surface area contributed by atoms with Gasteiger partial charge >= 0.3 is 0 Å². The van der Waals surface area contributed by atoms with Crippen LogP contribution in [-0.4, -0.2) is 5.54 Å². The third-order valence-corrected chi connectivity index (χ3v) is 4.31. The minimum Gasteiger partial charge on any atom is -0.325 e. The molecule has 0 amide bonds. The predicted octanol–water partition coefficient (Wildman–Crippen LogP) is 5.81. The van der Waals surface area contributed by atoms with Crippen molar-refractivity contribution < 1.29 is 0 Å². The van der Waals surface area contributed by atoms with Gasteiger partial charge in [-0.2, -0.15) is 0 Å². The molecule has 0 radical (unpaired) electrons. The highest BCUT2D eigenvalue weighted by molar-refractivity contribution is 5.75. The highest BCUT2D eigenvalue weighted by Crippen LogP contribution is 2.44. The lowest BCUT2D eigenvalue weighted by atomic mass is 9.99. The van der Waals surface area contributed by atoms with Crippen molar-refractivity contribution in [3.8, 4) is 12.3 Å². The number of hydrogen-bond acceptors (Lipinski definition) is 1. The Hall–Kier alpha value is -2.30. The summed E-state index contributed by atoms with van der Waals surface area (Å²) in [5.41, 5.74) is 12.5. The molecule has 132 valence electrons. The second-order valence-corrected chi connectivity index (χ2v) is 7.26. The fourth-order valence-corrected chi connectivity index (χ4v) is 2.74. The molecule has 0 heterocycles. The molecule has 0 aromatic heterocycles. The van der Waals surface area contributed by atoms with Crippen molar-refractivity contribution in [2.45, 2.75) is 46.6 Å². The number of aryl methyl sites for hydroxylation is 1. The molecule has 1 aromatic rings. The Labute approximate surface area is 154 Å². The molecule has 1 fully saturated rings. The quantitative estimate of drug-likeness (QED) is 0.420. The number of nitrogens with two attached hydrogens (primary N) is 1. The van der Waals surface area contributed by atoms with Crippen molar-refractivity contribution in [1.82, 2.24) is 0 Å². The molecule has 2 rings (SSSR count). The number of allylic oxidation sites excluding steroid dienone is 5. The molecule has 1 aliphatic carbocycles. The van der Waals surface area contributed by atoms with Crippen LogP contribution >= 0.6 is 0 Å². The number of rotatable bonds is 4. The molecule has 2 N–H and O–H groups in total. The van der Waals surface area contributed by atoms with Gasteiger partial charge in [-0.1, -0.05) is 54.5 Å². The van der Waals surface area contributed by atoms with Crippen molar-refractivity contribution in [2.24, 2.45) is 11.7 Å². The van der Waals surface area contributed by atoms with Gasteiger partial charge in [0.2, 0.25) is 0 Å².